The first kappa shape index (κ1) is 15.0. The van der Waals surface area contributed by atoms with Crippen LogP contribution >= 0.6 is 12.4 Å². The Morgan fingerprint density at radius 2 is 1.87 bits per heavy atom. The van der Waals surface area contributed by atoms with Crippen LogP contribution < -0.4 is 0 Å². The van der Waals surface area contributed by atoms with E-state index in [0.29, 0.717) is 0 Å². The van der Waals surface area contributed by atoms with Crippen LogP contribution in [0.15, 0.2) is 30.6 Å². The van der Waals surface area contributed by atoms with Gasteiger partial charge >= 0.3 is 0 Å². The minimum atomic E-state index is 0. The molecule has 1 aromatic carbocycles. The summed E-state index contributed by atoms with van der Waals surface area (Å²) in [7, 11) is 0. The summed E-state index contributed by atoms with van der Waals surface area (Å²) >= 11 is 0. The average Bonchev–Trinajstić information content (AvgIpc) is 2.92. The van der Waals surface area contributed by atoms with Crippen LogP contribution in [-0.4, -0.2) is 9.38 Å². The summed E-state index contributed by atoms with van der Waals surface area (Å²) in [6, 6.07) is 7.24. The fourth-order valence-corrected chi connectivity index (χ4v) is 4.68. The number of rotatable bonds is 1. The molecule has 120 valence electrons. The molecule has 5 rings (SSSR count). The number of halogens is 1. The molecular weight excluding hydrogens is 304 g/mol. The van der Waals surface area contributed by atoms with Crippen LogP contribution in [0.2, 0.25) is 0 Å². The van der Waals surface area contributed by atoms with E-state index in [9.17, 15) is 0 Å². The number of hydrogen-bond acceptors (Lipinski definition) is 1. The number of aromatic nitrogens is 2. The molecule has 2 aromatic heterocycles. The minimum absolute atomic E-state index is 0. The van der Waals surface area contributed by atoms with Crippen LogP contribution in [0, 0.1) is 0 Å². The molecule has 0 atom stereocenters. The molecule has 0 unspecified atom stereocenters. The summed E-state index contributed by atoms with van der Waals surface area (Å²) < 4.78 is 2.37. The summed E-state index contributed by atoms with van der Waals surface area (Å²) in [4.78, 5) is 4.62. The highest BCUT2D eigenvalue weighted by Gasteiger charge is 2.21. The summed E-state index contributed by atoms with van der Waals surface area (Å²) in [6.07, 6.45) is 14.7. The molecule has 2 heterocycles. The van der Waals surface area contributed by atoms with Crippen LogP contribution in [0.1, 0.15) is 61.3 Å². The quantitative estimate of drug-likeness (QED) is 0.581. The van der Waals surface area contributed by atoms with E-state index in [2.05, 4.69) is 33.8 Å². The van der Waals surface area contributed by atoms with E-state index in [0.717, 1.165) is 12.3 Å². The van der Waals surface area contributed by atoms with Gasteiger partial charge in [-0.1, -0.05) is 25.3 Å². The van der Waals surface area contributed by atoms with Crippen molar-refractivity contribution < 1.29 is 0 Å². The van der Waals surface area contributed by atoms with E-state index in [1.165, 1.54) is 67.1 Å². The van der Waals surface area contributed by atoms with Crippen molar-refractivity contribution in [3.05, 3.63) is 47.4 Å². The van der Waals surface area contributed by atoms with Gasteiger partial charge in [0.2, 0.25) is 0 Å². The molecule has 1 fully saturated rings. The molecule has 0 bridgehead atoms. The number of hydrogen-bond donors (Lipinski definition) is 0. The summed E-state index contributed by atoms with van der Waals surface area (Å²) in [6.45, 7) is 0. The van der Waals surface area contributed by atoms with Gasteiger partial charge in [-0.25, -0.2) is 0 Å². The fraction of sp³-hybridized carbons (Fsp3) is 0.450. The maximum Gasteiger partial charge on any atom is 0.0710 e. The highest BCUT2D eigenvalue weighted by atomic mass is 35.5. The van der Waals surface area contributed by atoms with Gasteiger partial charge in [-0.2, -0.15) is 0 Å². The fourth-order valence-electron chi connectivity index (χ4n) is 4.68. The van der Waals surface area contributed by atoms with Crippen LogP contribution in [0.25, 0.3) is 16.4 Å². The Morgan fingerprint density at radius 3 is 2.74 bits per heavy atom. The normalized spacial score (nSPS) is 18.3. The van der Waals surface area contributed by atoms with Gasteiger partial charge in [0.05, 0.1) is 16.7 Å². The van der Waals surface area contributed by atoms with Gasteiger partial charge in [0.1, 0.15) is 0 Å². The molecular formula is C20H23ClN2. The lowest BCUT2D eigenvalue weighted by Crippen LogP contribution is -2.04. The van der Waals surface area contributed by atoms with Crippen molar-refractivity contribution in [2.45, 2.75) is 57.3 Å². The van der Waals surface area contributed by atoms with Gasteiger partial charge in [-0.05, 0) is 61.3 Å². The first-order chi connectivity index (χ1) is 10.9. The number of benzene rings is 1. The predicted molar refractivity (Wildman–Crippen MR) is 97.8 cm³/mol. The second-order valence-corrected chi connectivity index (χ2v) is 7.04. The van der Waals surface area contributed by atoms with Crippen LogP contribution in [-0.2, 0) is 12.8 Å². The summed E-state index contributed by atoms with van der Waals surface area (Å²) in [5, 5.41) is 1.48. The standard InChI is InChI=1S/C20H22N2.ClH/c1-2-5-14(6-3-1)15-9-10-19-17(13-15)16-7-4-8-18-20(16)22(19)12-11-21-18;/h9-14H,1-8H2;1H. The smallest absolute Gasteiger partial charge is 0.0710 e. The van der Waals surface area contributed by atoms with Crippen molar-refractivity contribution in [3.63, 3.8) is 0 Å². The number of aryl methyl sites for hydroxylation is 2. The molecule has 0 spiro atoms. The zero-order valence-electron chi connectivity index (χ0n) is 13.4. The Bertz CT molecular complexity index is 859. The Morgan fingerprint density at radius 1 is 1.00 bits per heavy atom. The van der Waals surface area contributed by atoms with Gasteiger partial charge in [-0.15, -0.1) is 12.4 Å². The lowest BCUT2D eigenvalue weighted by atomic mass is 9.83. The van der Waals surface area contributed by atoms with Crippen molar-refractivity contribution in [2.75, 3.05) is 0 Å². The van der Waals surface area contributed by atoms with E-state index in [4.69, 9.17) is 0 Å². The van der Waals surface area contributed by atoms with Crippen LogP contribution in [0.5, 0.6) is 0 Å². The molecule has 3 aromatic rings. The SMILES string of the molecule is Cl.c1cn2c3c(n1)CCCc3c1cc(C3CCCCC3)ccc12. The van der Waals surface area contributed by atoms with Crippen molar-refractivity contribution in [1.29, 1.82) is 0 Å². The average molecular weight is 327 g/mol. The van der Waals surface area contributed by atoms with Crippen molar-refractivity contribution >= 4 is 28.8 Å². The second kappa shape index (κ2) is 5.83. The van der Waals surface area contributed by atoms with Crippen molar-refractivity contribution in [2.24, 2.45) is 0 Å². The van der Waals surface area contributed by atoms with E-state index in [-0.39, 0.29) is 12.4 Å². The van der Waals surface area contributed by atoms with Crippen LogP contribution in [0.4, 0.5) is 0 Å². The Balaban J connectivity index is 0.00000135. The first-order valence-corrected chi connectivity index (χ1v) is 8.82. The molecule has 2 aliphatic carbocycles. The molecule has 1 saturated carbocycles. The highest BCUT2D eigenvalue weighted by Crippen LogP contribution is 2.37. The van der Waals surface area contributed by atoms with Crippen molar-refractivity contribution in [3.8, 4) is 0 Å². The summed E-state index contributed by atoms with van der Waals surface area (Å²) in [5.41, 5.74) is 7.17. The lowest BCUT2D eigenvalue weighted by molar-refractivity contribution is 0.444. The van der Waals surface area contributed by atoms with Gasteiger partial charge in [-0.3, -0.25) is 4.98 Å². The van der Waals surface area contributed by atoms with E-state index in [1.807, 2.05) is 6.20 Å². The van der Waals surface area contributed by atoms with Gasteiger partial charge in [0.15, 0.2) is 0 Å². The molecule has 0 N–H and O–H groups in total. The molecule has 0 saturated heterocycles. The Labute approximate surface area is 143 Å². The predicted octanol–water partition coefficient (Wildman–Crippen LogP) is 5.45. The molecule has 3 heteroatoms. The van der Waals surface area contributed by atoms with Gasteiger partial charge < -0.3 is 4.40 Å². The molecule has 2 aliphatic rings. The maximum atomic E-state index is 4.62. The van der Waals surface area contributed by atoms with Crippen LogP contribution in [0.3, 0.4) is 0 Å². The van der Waals surface area contributed by atoms with E-state index < -0.39 is 0 Å². The molecule has 0 aliphatic heterocycles. The Kier molecular flexibility index (Phi) is 3.81. The molecule has 23 heavy (non-hydrogen) atoms. The summed E-state index contributed by atoms with van der Waals surface area (Å²) in [5.74, 6) is 0.787. The maximum absolute atomic E-state index is 4.62. The third kappa shape index (κ3) is 2.27. The molecule has 0 radical (unpaired) electrons. The molecule has 0 amide bonds. The van der Waals surface area contributed by atoms with Gasteiger partial charge in [0, 0.05) is 17.8 Å². The second-order valence-electron chi connectivity index (χ2n) is 7.04. The zero-order chi connectivity index (χ0) is 14.5. The zero-order valence-corrected chi connectivity index (χ0v) is 14.2. The van der Waals surface area contributed by atoms with Crippen molar-refractivity contribution in [1.82, 2.24) is 9.38 Å². The number of fused-ring (bicyclic) bond motifs is 3. The third-order valence-electron chi connectivity index (χ3n) is 5.77. The topological polar surface area (TPSA) is 17.3 Å². The van der Waals surface area contributed by atoms with Gasteiger partial charge in [0.25, 0.3) is 0 Å². The van der Waals surface area contributed by atoms with E-state index in [1.54, 1.807) is 11.1 Å². The largest absolute Gasteiger partial charge is 0.313 e. The number of nitrogens with zero attached hydrogens (tertiary/aromatic N) is 2. The van der Waals surface area contributed by atoms with E-state index >= 15 is 0 Å². The molecule has 2 nitrogen and oxygen atoms in total. The Hall–Kier alpha value is -1.54. The minimum Gasteiger partial charge on any atom is -0.313 e. The highest BCUT2D eigenvalue weighted by molar-refractivity contribution is 5.94. The monoisotopic (exact) mass is 326 g/mol. The third-order valence-corrected chi connectivity index (χ3v) is 5.77. The lowest BCUT2D eigenvalue weighted by Gasteiger charge is -2.22. The first-order valence-electron chi connectivity index (χ1n) is 8.82.